The van der Waals surface area contributed by atoms with Crippen molar-refractivity contribution in [3.05, 3.63) is 24.3 Å². The first-order valence-corrected chi connectivity index (χ1v) is 33.4. The Bertz CT molecular complexity index is 2070. The van der Waals surface area contributed by atoms with Gasteiger partial charge in [0.1, 0.15) is 63.4 Å². The number of esters is 10. The highest BCUT2D eigenvalue weighted by atomic mass is 32.2. The molecule has 0 amide bonds. The van der Waals surface area contributed by atoms with Gasteiger partial charge in [-0.25, -0.2) is 28.8 Å². The van der Waals surface area contributed by atoms with E-state index in [4.69, 9.17) is 114 Å². The van der Waals surface area contributed by atoms with Crippen LogP contribution < -0.4 is 0 Å². The van der Waals surface area contributed by atoms with Crippen molar-refractivity contribution in [2.75, 3.05) is 249 Å². The standard InChI is InChI=1S/C60H92O34S2/c61-49-3-5-51(63)85-35-25-75-19-21-81-31-41-93-57(67)47(45-53(65)87-37-27-77-17-15-73-23-33-83-49)95-43-1-7-91-59(69)55-56(90-40-30-80-14-12-72-10-9-71-11-13-79-29-39-89-55)60(70)92-8-2-44-96-48-46-54(66)88-38-28-78-18-16-74-24-34-84-50(62)4-6-52(64)86-36-26-76-20-22-82-32-42-94-58(48)68/h3-6,47-48,55-56H,1-2,7-46H2/b5-3-,6-4-/t47?,48?,55-,56-/m1/s1. The summed E-state index contributed by atoms with van der Waals surface area (Å²) in [5.74, 6) is -7.71. The van der Waals surface area contributed by atoms with Gasteiger partial charge in [-0.15, -0.1) is 23.5 Å². The van der Waals surface area contributed by atoms with Gasteiger partial charge in [0.25, 0.3) is 0 Å². The van der Waals surface area contributed by atoms with Crippen molar-refractivity contribution in [1.82, 2.24) is 0 Å². The summed E-state index contributed by atoms with van der Waals surface area (Å²) in [5.41, 5.74) is 0. The van der Waals surface area contributed by atoms with Gasteiger partial charge in [-0.1, -0.05) is 0 Å². The summed E-state index contributed by atoms with van der Waals surface area (Å²) in [6.45, 7) is 0.501. The predicted molar refractivity (Wildman–Crippen MR) is 328 cm³/mol. The fourth-order valence-electron chi connectivity index (χ4n) is 7.28. The van der Waals surface area contributed by atoms with Gasteiger partial charge in [-0.3, -0.25) is 19.2 Å². The molecule has 34 nitrogen and oxygen atoms in total. The lowest BCUT2D eigenvalue weighted by molar-refractivity contribution is -0.186. The Morgan fingerprint density at radius 3 is 0.781 bits per heavy atom. The molecule has 3 heterocycles. The Labute approximate surface area is 564 Å². The first-order chi connectivity index (χ1) is 46.9. The summed E-state index contributed by atoms with van der Waals surface area (Å²) >= 11 is 2.09. The van der Waals surface area contributed by atoms with E-state index in [2.05, 4.69) is 0 Å². The molecular weight excluding hydrogens is 1330 g/mol. The van der Waals surface area contributed by atoms with E-state index >= 15 is 0 Å². The second-order valence-corrected chi connectivity index (χ2v) is 21.8. The van der Waals surface area contributed by atoms with Gasteiger partial charge in [0.2, 0.25) is 0 Å². The summed E-state index contributed by atoms with van der Waals surface area (Å²) in [7, 11) is 0. The molecule has 548 valence electrons. The van der Waals surface area contributed by atoms with Crippen LogP contribution in [0, 0.1) is 0 Å². The molecule has 4 atom stereocenters. The third-order valence-corrected chi connectivity index (χ3v) is 14.4. The maximum absolute atomic E-state index is 14.0. The zero-order valence-electron chi connectivity index (χ0n) is 54.0. The number of hydrogen-bond donors (Lipinski definition) is 0. The van der Waals surface area contributed by atoms with Crippen LogP contribution in [0.25, 0.3) is 0 Å². The van der Waals surface area contributed by atoms with E-state index in [1.165, 1.54) is 0 Å². The Kier molecular flexibility index (Phi) is 52.3. The van der Waals surface area contributed by atoms with Crippen LogP contribution in [0.3, 0.4) is 0 Å². The van der Waals surface area contributed by atoms with Crippen molar-refractivity contribution in [2.24, 2.45) is 0 Å². The molecule has 2 unspecified atom stereocenters. The van der Waals surface area contributed by atoms with Crippen LogP contribution in [0.5, 0.6) is 0 Å². The maximum atomic E-state index is 14.0. The number of thioether (sulfide) groups is 2. The van der Waals surface area contributed by atoms with Crippen LogP contribution in [0.1, 0.15) is 25.7 Å². The molecule has 0 aliphatic carbocycles. The second-order valence-electron chi connectivity index (χ2n) is 19.2. The Morgan fingerprint density at radius 1 is 0.302 bits per heavy atom. The van der Waals surface area contributed by atoms with Gasteiger partial charge in [0.05, 0.1) is 198 Å². The van der Waals surface area contributed by atoms with Crippen LogP contribution >= 0.6 is 23.5 Å². The lowest BCUT2D eigenvalue weighted by Crippen LogP contribution is -2.46. The highest BCUT2D eigenvalue weighted by molar-refractivity contribution is 8.00. The molecule has 36 heteroatoms. The summed E-state index contributed by atoms with van der Waals surface area (Å²) in [5, 5.41) is -2.12. The van der Waals surface area contributed by atoms with E-state index in [-0.39, 0.29) is 249 Å². The van der Waals surface area contributed by atoms with Crippen LogP contribution in [-0.4, -0.2) is 332 Å². The van der Waals surface area contributed by atoms with E-state index in [0.29, 0.717) is 13.2 Å². The fourth-order valence-corrected chi connectivity index (χ4v) is 9.34. The Morgan fingerprint density at radius 2 is 0.521 bits per heavy atom. The molecule has 0 aromatic heterocycles. The minimum atomic E-state index is -1.70. The zero-order valence-corrected chi connectivity index (χ0v) is 55.6. The monoisotopic (exact) mass is 1420 g/mol. The summed E-state index contributed by atoms with van der Waals surface area (Å²) < 4.78 is 130. The van der Waals surface area contributed by atoms with Gasteiger partial charge < -0.3 is 114 Å². The number of cyclic esters (lactones) is 8. The van der Waals surface area contributed by atoms with E-state index in [1.807, 2.05) is 0 Å². The SMILES string of the molecule is O=C1/C=C\C(=O)OCCOCCOCCOC(=O)C(SCCCOC(=O)[C@@H]2OCCOCCOCCOCCOCCO[C@H]2C(=O)OCCCSC2CC(=O)OCCOCCOCCOC(=O)/C=C\C(=O)OCCOCCOCCOC2=O)CC(=O)OCCOCCOCCO1. The molecule has 3 aliphatic heterocycles. The summed E-state index contributed by atoms with van der Waals surface area (Å²) in [6, 6.07) is 0. The predicted octanol–water partition coefficient (Wildman–Crippen LogP) is -0.695. The second kappa shape index (κ2) is 59.4. The molecule has 96 heavy (non-hydrogen) atoms. The molecule has 0 radical (unpaired) electrons. The van der Waals surface area contributed by atoms with Gasteiger partial charge in [-0.05, 0) is 24.3 Å². The topological polar surface area (TPSA) is 392 Å². The van der Waals surface area contributed by atoms with E-state index in [1.54, 1.807) is 0 Å². The molecule has 0 aromatic carbocycles. The first kappa shape index (κ1) is 84.5. The number of rotatable bonds is 12. The lowest BCUT2D eigenvalue weighted by Gasteiger charge is -2.25. The van der Waals surface area contributed by atoms with Gasteiger partial charge >= 0.3 is 59.7 Å². The van der Waals surface area contributed by atoms with Crippen LogP contribution in [0.4, 0.5) is 0 Å². The fraction of sp³-hybridized carbons (Fsp3) is 0.767. The molecule has 0 N–H and O–H groups in total. The largest absolute Gasteiger partial charge is 0.464 e. The van der Waals surface area contributed by atoms with Crippen molar-refractivity contribution in [2.45, 2.75) is 48.4 Å². The zero-order chi connectivity index (χ0) is 69.0. The lowest BCUT2D eigenvalue weighted by atomic mass is 10.2. The van der Waals surface area contributed by atoms with Crippen LogP contribution in [-0.2, 0) is 162 Å². The third kappa shape index (κ3) is 47.3. The van der Waals surface area contributed by atoms with Crippen molar-refractivity contribution >= 4 is 83.2 Å². The van der Waals surface area contributed by atoms with Crippen molar-refractivity contribution in [3.8, 4) is 0 Å². The Hall–Kier alpha value is -5.68. The highest BCUT2D eigenvalue weighted by Crippen LogP contribution is 2.21. The maximum Gasteiger partial charge on any atom is 0.338 e. The van der Waals surface area contributed by atoms with Crippen molar-refractivity contribution in [3.63, 3.8) is 0 Å². The molecule has 0 saturated carbocycles. The minimum Gasteiger partial charge on any atom is -0.464 e. The molecule has 0 spiro atoms. The molecular formula is C60H92O34S2. The molecule has 0 bridgehead atoms. The first-order valence-electron chi connectivity index (χ1n) is 31.3. The molecule has 3 aliphatic rings. The highest BCUT2D eigenvalue weighted by Gasteiger charge is 2.39. The molecule has 1 fully saturated rings. The average molecular weight is 1420 g/mol. The van der Waals surface area contributed by atoms with E-state index < -0.39 is 95.2 Å². The van der Waals surface area contributed by atoms with Crippen LogP contribution in [0.2, 0.25) is 0 Å². The average Bonchev–Trinajstić information content (AvgIpc) is 0.914. The Balaban J connectivity index is 1.62. The number of carbonyl (C=O) groups excluding carboxylic acids is 10. The summed E-state index contributed by atoms with van der Waals surface area (Å²) in [4.78, 5) is 128. The van der Waals surface area contributed by atoms with Gasteiger partial charge in [-0.2, -0.15) is 0 Å². The number of ether oxygens (including phenoxy) is 24. The van der Waals surface area contributed by atoms with Gasteiger partial charge in [0, 0.05) is 24.3 Å². The van der Waals surface area contributed by atoms with Crippen LogP contribution in [0.15, 0.2) is 24.3 Å². The van der Waals surface area contributed by atoms with E-state index in [9.17, 15) is 47.9 Å². The van der Waals surface area contributed by atoms with Gasteiger partial charge in [0.15, 0.2) is 12.2 Å². The minimum absolute atomic E-state index is 0.00195. The normalized spacial score (nSPS) is 24.4. The molecule has 3 rings (SSSR count). The summed E-state index contributed by atoms with van der Waals surface area (Å²) in [6.07, 6.45) is -0.225. The molecule has 0 aromatic rings. The smallest absolute Gasteiger partial charge is 0.338 e. The molecule has 1 saturated heterocycles. The number of hydrogen-bond acceptors (Lipinski definition) is 36. The quantitative estimate of drug-likeness (QED) is 0.132. The number of carbonyl (C=O) groups is 10. The van der Waals surface area contributed by atoms with Crippen molar-refractivity contribution < 1.29 is 162 Å². The third-order valence-electron chi connectivity index (χ3n) is 11.9. The van der Waals surface area contributed by atoms with E-state index in [0.717, 1.165) is 47.8 Å². The van der Waals surface area contributed by atoms with Crippen molar-refractivity contribution in [1.29, 1.82) is 0 Å².